The van der Waals surface area contributed by atoms with Gasteiger partial charge in [-0.1, -0.05) is 200 Å². The molecular formula is C57H37N3. The molecule has 0 N–H and O–H groups in total. The van der Waals surface area contributed by atoms with E-state index in [1.807, 2.05) is 12.1 Å². The van der Waals surface area contributed by atoms with Crippen LogP contribution in [0.2, 0.25) is 0 Å². The van der Waals surface area contributed by atoms with E-state index < -0.39 is 0 Å². The topological polar surface area (TPSA) is 38.7 Å². The van der Waals surface area contributed by atoms with E-state index in [0.717, 1.165) is 50.1 Å². The molecule has 60 heavy (non-hydrogen) atoms. The summed E-state index contributed by atoms with van der Waals surface area (Å²) in [7, 11) is 0. The molecule has 3 nitrogen and oxygen atoms in total. The van der Waals surface area contributed by atoms with Gasteiger partial charge in [-0.25, -0.2) is 15.0 Å². The lowest BCUT2D eigenvalue weighted by Crippen LogP contribution is -2.01. The summed E-state index contributed by atoms with van der Waals surface area (Å²) in [5.41, 5.74) is 11.8. The average molecular weight is 764 g/mol. The highest BCUT2D eigenvalue weighted by atomic mass is 15.0. The molecule has 0 bridgehead atoms. The fraction of sp³-hybridized carbons (Fsp3) is 0. The summed E-state index contributed by atoms with van der Waals surface area (Å²) < 4.78 is 0. The summed E-state index contributed by atoms with van der Waals surface area (Å²) in [4.78, 5) is 15.7. The van der Waals surface area contributed by atoms with Gasteiger partial charge in [-0.2, -0.15) is 0 Å². The Morgan fingerprint density at radius 1 is 0.200 bits per heavy atom. The van der Waals surface area contributed by atoms with Crippen LogP contribution in [-0.4, -0.2) is 15.0 Å². The van der Waals surface area contributed by atoms with Gasteiger partial charge >= 0.3 is 0 Å². The summed E-state index contributed by atoms with van der Waals surface area (Å²) in [6, 6.07) is 79.6. The number of rotatable bonds is 7. The van der Waals surface area contributed by atoms with Gasteiger partial charge in [-0.15, -0.1) is 0 Å². The summed E-state index contributed by atoms with van der Waals surface area (Å²) in [5.74, 6) is 1.86. The molecule has 0 aliphatic rings. The Morgan fingerprint density at radius 3 is 1.15 bits per heavy atom. The molecule has 0 atom stereocenters. The smallest absolute Gasteiger partial charge is 0.164 e. The molecule has 3 heteroatoms. The Morgan fingerprint density at radius 2 is 0.583 bits per heavy atom. The quantitative estimate of drug-likeness (QED) is 0.152. The molecular weight excluding hydrogens is 727 g/mol. The van der Waals surface area contributed by atoms with Gasteiger partial charge in [0.15, 0.2) is 17.5 Å². The summed E-state index contributed by atoms with van der Waals surface area (Å²) in [6.45, 7) is 0. The van der Waals surface area contributed by atoms with Crippen molar-refractivity contribution in [2.24, 2.45) is 0 Å². The molecule has 1 aromatic heterocycles. The van der Waals surface area contributed by atoms with Gasteiger partial charge in [0.1, 0.15) is 0 Å². The maximum Gasteiger partial charge on any atom is 0.164 e. The molecule has 0 amide bonds. The molecule has 0 aliphatic heterocycles. The molecule has 0 fully saturated rings. The standard InChI is InChI=1S/C57H37N3/c1-4-14-38(15-5-1)41-24-28-44(29-25-41)55-58-56(45-30-26-42(27-31-45)39-16-6-2-7-17-39)60-57(59-55)48-35-46(40-18-8-3-9-19-40)34-47(36-48)53-37-54-49-21-11-10-20-43(49)32-33-52(54)50-22-12-13-23-51(50)53/h1-37H. The van der Waals surface area contributed by atoms with Gasteiger partial charge in [0.2, 0.25) is 0 Å². The van der Waals surface area contributed by atoms with E-state index in [0.29, 0.717) is 17.5 Å². The van der Waals surface area contributed by atoms with Crippen LogP contribution in [0.1, 0.15) is 0 Å². The molecule has 280 valence electrons. The van der Waals surface area contributed by atoms with Crippen molar-refractivity contribution in [2.45, 2.75) is 0 Å². The van der Waals surface area contributed by atoms with E-state index >= 15 is 0 Å². The van der Waals surface area contributed by atoms with Crippen LogP contribution in [-0.2, 0) is 0 Å². The van der Waals surface area contributed by atoms with Crippen molar-refractivity contribution in [1.82, 2.24) is 15.0 Å². The number of hydrogen-bond acceptors (Lipinski definition) is 3. The van der Waals surface area contributed by atoms with E-state index in [1.54, 1.807) is 0 Å². The van der Waals surface area contributed by atoms with Crippen LogP contribution in [0.3, 0.4) is 0 Å². The first-order valence-corrected chi connectivity index (χ1v) is 20.3. The molecule has 11 rings (SSSR count). The van der Waals surface area contributed by atoms with Crippen LogP contribution in [0.4, 0.5) is 0 Å². The zero-order chi connectivity index (χ0) is 39.8. The minimum absolute atomic E-state index is 0.615. The number of hydrogen-bond donors (Lipinski definition) is 0. The van der Waals surface area contributed by atoms with E-state index in [4.69, 9.17) is 15.0 Å². The van der Waals surface area contributed by atoms with Gasteiger partial charge in [-0.05, 0) is 101 Å². The predicted molar refractivity (Wildman–Crippen MR) is 250 cm³/mol. The highest BCUT2D eigenvalue weighted by Crippen LogP contribution is 2.41. The highest BCUT2D eigenvalue weighted by Gasteiger charge is 2.17. The van der Waals surface area contributed by atoms with Gasteiger partial charge < -0.3 is 0 Å². The third kappa shape index (κ3) is 6.58. The molecule has 0 saturated carbocycles. The van der Waals surface area contributed by atoms with Crippen molar-refractivity contribution < 1.29 is 0 Å². The zero-order valence-corrected chi connectivity index (χ0v) is 32.7. The van der Waals surface area contributed by atoms with Crippen LogP contribution in [0.15, 0.2) is 224 Å². The number of nitrogens with zero attached hydrogens (tertiary/aromatic N) is 3. The summed E-state index contributed by atoms with van der Waals surface area (Å²) >= 11 is 0. The fourth-order valence-electron chi connectivity index (χ4n) is 8.46. The second-order valence-corrected chi connectivity index (χ2v) is 15.2. The third-order valence-corrected chi connectivity index (χ3v) is 11.5. The Hall–Kier alpha value is -8.01. The molecule has 1 heterocycles. The Labute approximate surface area is 349 Å². The van der Waals surface area contributed by atoms with Gasteiger partial charge in [0.05, 0.1) is 0 Å². The van der Waals surface area contributed by atoms with E-state index in [2.05, 4.69) is 212 Å². The SMILES string of the molecule is c1ccc(-c2ccc(-c3nc(-c4ccc(-c5ccccc5)cc4)nc(-c4cc(-c5ccccc5)cc(-c5cc6c7ccccc7ccc6c6ccccc56)c4)n3)cc2)cc1. The molecule has 0 saturated heterocycles. The van der Waals surface area contributed by atoms with Crippen molar-refractivity contribution in [3.05, 3.63) is 224 Å². The van der Waals surface area contributed by atoms with E-state index in [9.17, 15) is 0 Å². The first-order valence-electron chi connectivity index (χ1n) is 20.3. The monoisotopic (exact) mass is 763 g/mol. The minimum atomic E-state index is 0.615. The Balaban J connectivity index is 1.13. The van der Waals surface area contributed by atoms with Crippen LogP contribution in [0.5, 0.6) is 0 Å². The van der Waals surface area contributed by atoms with Crippen LogP contribution in [0, 0.1) is 0 Å². The van der Waals surface area contributed by atoms with Crippen molar-refractivity contribution in [3.63, 3.8) is 0 Å². The maximum atomic E-state index is 5.27. The minimum Gasteiger partial charge on any atom is -0.208 e. The Kier molecular flexibility index (Phi) is 8.83. The normalized spacial score (nSPS) is 11.3. The van der Waals surface area contributed by atoms with Crippen LogP contribution >= 0.6 is 0 Å². The van der Waals surface area contributed by atoms with Crippen molar-refractivity contribution in [2.75, 3.05) is 0 Å². The largest absolute Gasteiger partial charge is 0.208 e. The molecule has 0 spiro atoms. The molecule has 0 aliphatic carbocycles. The number of aromatic nitrogens is 3. The maximum absolute atomic E-state index is 5.27. The van der Waals surface area contributed by atoms with Crippen LogP contribution < -0.4 is 0 Å². The number of fused-ring (bicyclic) bond motifs is 5. The first kappa shape index (κ1) is 35.2. The summed E-state index contributed by atoms with van der Waals surface area (Å²) in [5, 5.41) is 7.37. The van der Waals surface area contributed by atoms with Gasteiger partial charge in [0, 0.05) is 16.7 Å². The van der Waals surface area contributed by atoms with Crippen molar-refractivity contribution >= 4 is 32.3 Å². The predicted octanol–water partition coefficient (Wildman–Crippen LogP) is 15.0. The summed E-state index contributed by atoms with van der Waals surface area (Å²) in [6.07, 6.45) is 0. The fourth-order valence-corrected chi connectivity index (χ4v) is 8.46. The molecule has 10 aromatic carbocycles. The van der Waals surface area contributed by atoms with Crippen molar-refractivity contribution in [3.8, 4) is 78.7 Å². The average Bonchev–Trinajstić information content (AvgIpc) is 3.34. The Bertz CT molecular complexity index is 3220. The van der Waals surface area contributed by atoms with Gasteiger partial charge in [0.25, 0.3) is 0 Å². The first-order chi connectivity index (χ1) is 29.7. The van der Waals surface area contributed by atoms with E-state index in [-0.39, 0.29) is 0 Å². The molecule has 11 aromatic rings. The molecule has 0 unspecified atom stereocenters. The van der Waals surface area contributed by atoms with Crippen LogP contribution in [0.25, 0.3) is 111 Å². The second-order valence-electron chi connectivity index (χ2n) is 15.2. The highest BCUT2D eigenvalue weighted by molar-refractivity contribution is 6.21. The zero-order valence-electron chi connectivity index (χ0n) is 32.7. The number of benzene rings is 10. The third-order valence-electron chi connectivity index (χ3n) is 11.5. The second kappa shape index (κ2) is 15.1. The lowest BCUT2D eigenvalue weighted by Gasteiger charge is -2.16. The lowest BCUT2D eigenvalue weighted by molar-refractivity contribution is 1.07. The van der Waals surface area contributed by atoms with Crippen molar-refractivity contribution in [1.29, 1.82) is 0 Å². The van der Waals surface area contributed by atoms with E-state index in [1.165, 1.54) is 43.4 Å². The lowest BCUT2D eigenvalue weighted by atomic mass is 9.89. The van der Waals surface area contributed by atoms with Gasteiger partial charge in [-0.3, -0.25) is 0 Å². The molecule has 0 radical (unpaired) electrons.